The zero-order valence-electron chi connectivity index (χ0n) is 14.1. The number of halogens is 3. The van der Waals surface area contributed by atoms with E-state index in [-0.39, 0.29) is 28.4 Å². The average Bonchev–Trinajstić information content (AvgIpc) is 2.66. The molecule has 28 heavy (non-hydrogen) atoms. The summed E-state index contributed by atoms with van der Waals surface area (Å²) in [5, 5.41) is 9.99. The third-order valence-electron chi connectivity index (χ3n) is 4.55. The van der Waals surface area contributed by atoms with Crippen molar-refractivity contribution in [2.24, 2.45) is 5.73 Å². The maximum atomic E-state index is 12.9. The van der Waals surface area contributed by atoms with Gasteiger partial charge < -0.3 is 14.9 Å². The van der Waals surface area contributed by atoms with Crippen LogP contribution in [0.1, 0.15) is 22.6 Å². The molecule has 0 bridgehead atoms. The summed E-state index contributed by atoms with van der Waals surface area (Å²) in [6.45, 7) is 0. The molecule has 0 amide bonds. The Morgan fingerprint density at radius 1 is 1.07 bits per heavy atom. The molecule has 1 atom stereocenters. The van der Waals surface area contributed by atoms with Crippen LogP contribution >= 0.6 is 0 Å². The van der Waals surface area contributed by atoms with Gasteiger partial charge in [0.05, 0.1) is 22.4 Å². The van der Waals surface area contributed by atoms with Crippen molar-refractivity contribution < 1.29 is 22.3 Å². The molecule has 0 radical (unpaired) electrons. The van der Waals surface area contributed by atoms with E-state index in [4.69, 9.17) is 14.9 Å². The molecule has 0 spiro atoms. The summed E-state index contributed by atoms with van der Waals surface area (Å²) in [7, 11) is 0. The molecule has 3 aromatic rings. The van der Waals surface area contributed by atoms with Crippen LogP contribution in [0.4, 0.5) is 13.2 Å². The molecule has 1 aliphatic heterocycles. The van der Waals surface area contributed by atoms with Crippen molar-refractivity contribution >= 4 is 11.0 Å². The van der Waals surface area contributed by atoms with E-state index in [1.165, 1.54) is 12.1 Å². The van der Waals surface area contributed by atoms with Gasteiger partial charge in [-0.15, -0.1) is 0 Å². The van der Waals surface area contributed by atoms with Gasteiger partial charge in [-0.1, -0.05) is 24.3 Å². The predicted molar refractivity (Wildman–Crippen MR) is 93.2 cm³/mol. The smallest absolute Gasteiger partial charge is 0.416 e. The van der Waals surface area contributed by atoms with Crippen LogP contribution in [0, 0.1) is 11.3 Å². The number of allylic oxidation sites excluding steroid dienone is 1. The van der Waals surface area contributed by atoms with E-state index in [0.29, 0.717) is 10.9 Å². The average molecular weight is 384 g/mol. The first-order chi connectivity index (χ1) is 13.3. The monoisotopic (exact) mass is 384 g/mol. The largest absolute Gasteiger partial charge is 0.439 e. The van der Waals surface area contributed by atoms with Gasteiger partial charge >= 0.3 is 11.8 Å². The second-order valence-corrected chi connectivity index (χ2v) is 6.17. The number of fused-ring (bicyclic) bond motifs is 3. The molecule has 0 unspecified atom stereocenters. The molecular formula is C20H11F3N2O3. The van der Waals surface area contributed by atoms with Gasteiger partial charge in [0.15, 0.2) is 5.75 Å². The van der Waals surface area contributed by atoms with Gasteiger partial charge in [0.1, 0.15) is 17.2 Å². The van der Waals surface area contributed by atoms with Crippen molar-refractivity contribution in [3.8, 4) is 11.8 Å². The molecule has 2 heterocycles. The minimum Gasteiger partial charge on any atom is -0.439 e. The lowest BCUT2D eigenvalue weighted by Gasteiger charge is -2.26. The Kier molecular flexibility index (Phi) is 3.89. The maximum absolute atomic E-state index is 12.9. The highest BCUT2D eigenvalue weighted by atomic mass is 19.4. The van der Waals surface area contributed by atoms with Gasteiger partial charge in [0.2, 0.25) is 5.88 Å². The molecule has 5 nitrogen and oxygen atoms in total. The summed E-state index contributed by atoms with van der Waals surface area (Å²) in [5.74, 6) is -1.08. The lowest BCUT2D eigenvalue weighted by atomic mass is 9.83. The topological polar surface area (TPSA) is 89.3 Å². The van der Waals surface area contributed by atoms with Crippen molar-refractivity contribution in [2.75, 3.05) is 0 Å². The molecule has 0 aliphatic carbocycles. The number of hydrogen-bond acceptors (Lipinski definition) is 5. The summed E-state index contributed by atoms with van der Waals surface area (Å²) in [4.78, 5) is 12.7. The van der Waals surface area contributed by atoms with Gasteiger partial charge in [0.25, 0.3) is 0 Å². The number of rotatable bonds is 1. The molecule has 0 fully saturated rings. The van der Waals surface area contributed by atoms with Crippen molar-refractivity contribution in [1.29, 1.82) is 5.26 Å². The van der Waals surface area contributed by atoms with Gasteiger partial charge in [-0.25, -0.2) is 4.79 Å². The maximum Gasteiger partial charge on any atom is 0.416 e. The zero-order chi connectivity index (χ0) is 20.1. The van der Waals surface area contributed by atoms with Crippen LogP contribution < -0.4 is 16.1 Å². The number of nitrogens with zero attached hydrogens (tertiary/aromatic N) is 1. The standard InChI is InChI=1S/C20H11F3N2O3/c21-20(22,23)11-7-5-10(6-8-11)15-13(9-24)18(25)28-17-12-3-1-2-4-14(12)27-19(26)16(15)17/h1-8,15H,25H2/t15-/m1/s1. The lowest BCUT2D eigenvalue weighted by molar-refractivity contribution is -0.137. The van der Waals surface area contributed by atoms with E-state index >= 15 is 0 Å². The number of alkyl halides is 3. The van der Waals surface area contributed by atoms with E-state index in [9.17, 15) is 23.2 Å². The van der Waals surface area contributed by atoms with Crippen LogP contribution in [-0.2, 0) is 6.18 Å². The molecule has 2 aromatic carbocycles. The third kappa shape index (κ3) is 2.68. The van der Waals surface area contributed by atoms with Crippen molar-refractivity contribution in [3.05, 3.63) is 87.1 Å². The highest BCUT2D eigenvalue weighted by Crippen LogP contribution is 2.43. The molecule has 8 heteroatoms. The van der Waals surface area contributed by atoms with Crippen LogP contribution in [0.3, 0.4) is 0 Å². The minimum atomic E-state index is -4.51. The van der Waals surface area contributed by atoms with E-state index in [1.54, 1.807) is 24.3 Å². The molecule has 0 saturated carbocycles. The summed E-state index contributed by atoms with van der Waals surface area (Å²) < 4.78 is 49.5. The summed E-state index contributed by atoms with van der Waals surface area (Å²) in [5.41, 5.74) is 4.80. The van der Waals surface area contributed by atoms with Crippen LogP contribution in [0.5, 0.6) is 5.75 Å². The Balaban J connectivity index is 1.98. The van der Waals surface area contributed by atoms with Crippen LogP contribution in [0.2, 0.25) is 0 Å². The molecule has 4 rings (SSSR count). The molecule has 0 saturated heterocycles. The Morgan fingerprint density at radius 2 is 1.75 bits per heavy atom. The molecule has 1 aliphatic rings. The van der Waals surface area contributed by atoms with Gasteiger partial charge in [-0.3, -0.25) is 0 Å². The lowest BCUT2D eigenvalue weighted by Crippen LogP contribution is -2.26. The first-order valence-electron chi connectivity index (χ1n) is 8.11. The van der Waals surface area contributed by atoms with E-state index in [1.807, 2.05) is 6.07 Å². The van der Waals surface area contributed by atoms with Crippen LogP contribution in [0.15, 0.2) is 69.2 Å². The minimum absolute atomic E-state index is 0.0178. The number of hydrogen-bond donors (Lipinski definition) is 1. The summed E-state index contributed by atoms with van der Waals surface area (Å²) >= 11 is 0. The Hall–Kier alpha value is -3.73. The van der Waals surface area contributed by atoms with E-state index in [0.717, 1.165) is 12.1 Å². The quantitative estimate of drug-likeness (QED) is 0.640. The first kappa shape index (κ1) is 17.7. The Labute approximate surface area is 156 Å². The van der Waals surface area contributed by atoms with Gasteiger partial charge in [-0.2, -0.15) is 18.4 Å². The SMILES string of the molecule is N#CC1=C(N)Oc2c(c(=O)oc3ccccc23)[C@@H]1c1ccc(C(F)(F)F)cc1. The number of ether oxygens (including phenoxy) is 1. The van der Waals surface area contributed by atoms with Crippen LogP contribution in [0.25, 0.3) is 11.0 Å². The molecule has 1 aromatic heterocycles. The summed E-state index contributed by atoms with van der Waals surface area (Å²) in [6.07, 6.45) is -4.51. The second kappa shape index (κ2) is 6.16. The van der Waals surface area contributed by atoms with E-state index < -0.39 is 23.3 Å². The molecule has 2 N–H and O–H groups in total. The highest BCUT2D eigenvalue weighted by molar-refractivity contribution is 5.86. The van der Waals surface area contributed by atoms with Crippen LogP contribution in [-0.4, -0.2) is 0 Å². The fourth-order valence-corrected chi connectivity index (χ4v) is 3.26. The number of para-hydroxylation sites is 1. The van der Waals surface area contributed by atoms with Gasteiger partial charge in [-0.05, 0) is 29.8 Å². The number of nitrogens with two attached hydrogens (primary N) is 1. The second-order valence-electron chi connectivity index (χ2n) is 6.17. The summed E-state index contributed by atoms with van der Waals surface area (Å²) in [6, 6.07) is 12.7. The Morgan fingerprint density at radius 3 is 2.39 bits per heavy atom. The third-order valence-corrected chi connectivity index (χ3v) is 4.55. The molecule has 140 valence electrons. The number of nitriles is 1. The number of benzene rings is 2. The van der Waals surface area contributed by atoms with Gasteiger partial charge in [0, 0.05) is 0 Å². The first-order valence-corrected chi connectivity index (χ1v) is 8.11. The van der Waals surface area contributed by atoms with Crippen molar-refractivity contribution in [3.63, 3.8) is 0 Å². The molecular weight excluding hydrogens is 373 g/mol. The zero-order valence-corrected chi connectivity index (χ0v) is 14.1. The van der Waals surface area contributed by atoms with Crippen molar-refractivity contribution in [2.45, 2.75) is 12.1 Å². The fourth-order valence-electron chi connectivity index (χ4n) is 3.26. The Bertz CT molecular complexity index is 1220. The normalized spacial score (nSPS) is 16.4. The fraction of sp³-hybridized carbons (Fsp3) is 0.100. The highest BCUT2D eigenvalue weighted by Gasteiger charge is 2.36. The predicted octanol–water partition coefficient (Wildman–Crippen LogP) is 4.03. The van der Waals surface area contributed by atoms with E-state index in [2.05, 4.69) is 0 Å². The van der Waals surface area contributed by atoms with Crippen molar-refractivity contribution in [1.82, 2.24) is 0 Å².